The Hall–Kier alpha value is -0.340. The number of hydrogen-bond acceptors (Lipinski definition) is 4. The van der Waals surface area contributed by atoms with Gasteiger partial charge in [0.1, 0.15) is 0 Å². The van der Waals surface area contributed by atoms with Crippen LogP contribution in [0.15, 0.2) is 21.5 Å². The van der Waals surface area contributed by atoms with Crippen molar-refractivity contribution in [2.45, 2.75) is 24.3 Å². The number of sulfonamides is 1. The Kier molecular flexibility index (Phi) is 4.66. The van der Waals surface area contributed by atoms with Gasteiger partial charge in [-0.25, -0.2) is 8.42 Å². The summed E-state index contributed by atoms with van der Waals surface area (Å²) in [6.45, 7) is 2.36. The maximum absolute atomic E-state index is 12.6. The largest absolute Gasteiger partial charge is 0.398 e. The molecule has 2 rings (SSSR count). The van der Waals surface area contributed by atoms with Crippen molar-refractivity contribution in [1.82, 2.24) is 4.31 Å². The van der Waals surface area contributed by atoms with Gasteiger partial charge in [0, 0.05) is 23.8 Å². The number of piperidine rings is 1. The summed E-state index contributed by atoms with van der Waals surface area (Å²) in [6, 6.07) is 2.85. The lowest BCUT2D eigenvalue weighted by molar-refractivity contribution is 0.0605. The number of nitrogens with zero attached hydrogens (tertiary/aromatic N) is 1. The van der Waals surface area contributed by atoms with Crippen molar-refractivity contribution in [3.63, 3.8) is 0 Å². The van der Waals surface area contributed by atoms with Crippen LogP contribution >= 0.6 is 27.5 Å². The number of β-amino-alcohol motifs (C(OH)–C–C–N with tert-alkyl or cyclic N) is 1. The van der Waals surface area contributed by atoms with E-state index in [1.54, 1.807) is 0 Å². The lowest BCUT2D eigenvalue weighted by Gasteiger charge is -2.33. The zero-order valence-electron chi connectivity index (χ0n) is 10.9. The first-order chi connectivity index (χ1) is 9.23. The second-order valence-corrected chi connectivity index (χ2v) is 8.14. The molecule has 0 saturated carbocycles. The van der Waals surface area contributed by atoms with Crippen molar-refractivity contribution >= 4 is 43.2 Å². The number of nitrogens with two attached hydrogens (primary N) is 1. The van der Waals surface area contributed by atoms with Crippen LogP contribution in [-0.2, 0) is 10.0 Å². The molecular weight excluding hydrogens is 368 g/mol. The molecule has 2 unspecified atom stereocenters. The molecule has 0 aromatic heterocycles. The first-order valence-corrected chi connectivity index (χ1v) is 8.77. The van der Waals surface area contributed by atoms with Gasteiger partial charge >= 0.3 is 0 Å². The van der Waals surface area contributed by atoms with Crippen LogP contribution in [0.2, 0.25) is 5.02 Å². The highest BCUT2D eigenvalue weighted by molar-refractivity contribution is 9.10. The van der Waals surface area contributed by atoms with Crippen LogP contribution in [0.3, 0.4) is 0 Å². The highest BCUT2D eigenvalue weighted by Crippen LogP contribution is 2.34. The lowest BCUT2D eigenvalue weighted by Crippen LogP contribution is -2.45. The summed E-state index contributed by atoms with van der Waals surface area (Å²) in [7, 11) is -3.73. The van der Waals surface area contributed by atoms with Crippen LogP contribution in [-0.4, -0.2) is 37.0 Å². The summed E-state index contributed by atoms with van der Waals surface area (Å²) in [6.07, 6.45) is -0.0394. The standard InChI is InChI=1S/C12H16BrClN2O3S/c1-7-2-3-16(6-10(7)17)20(18,19)11-5-8(14)4-9(15)12(11)13/h4-5,7,10,17H,2-3,6,15H2,1H3. The normalized spacial score (nSPS) is 24.8. The third-order valence-corrected chi connectivity index (χ3v) is 6.79. The van der Waals surface area contributed by atoms with E-state index < -0.39 is 16.1 Å². The van der Waals surface area contributed by atoms with Crippen LogP contribution in [0.4, 0.5) is 5.69 Å². The molecule has 1 aromatic rings. The van der Waals surface area contributed by atoms with E-state index in [0.717, 1.165) is 0 Å². The monoisotopic (exact) mass is 382 g/mol. The second kappa shape index (κ2) is 5.81. The summed E-state index contributed by atoms with van der Waals surface area (Å²) in [5, 5.41) is 10.1. The molecular formula is C12H16BrClN2O3S. The molecule has 8 heteroatoms. The smallest absolute Gasteiger partial charge is 0.244 e. The summed E-state index contributed by atoms with van der Waals surface area (Å²) < 4.78 is 26.8. The molecule has 1 aliphatic rings. The molecule has 20 heavy (non-hydrogen) atoms. The van der Waals surface area contributed by atoms with Crippen molar-refractivity contribution in [3.05, 3.63) is 21.6 Å². The number of nitrogen functional groups attached to an aromatic ring is 1. The fourth-order valence-corrected chi connectivity index (χ4v) is 4.88. The predicted molar refractivity (Wildman–Crippen MR) is 82.1 cm³/mol. The Morgan fingerprint density at radius 1 is 1.50 bits per heavy atom. The van der Waals surface area contributed by atoms with Crippen molar-refractivity contribution in [2.24, 2.45) is 5.92 Å². The van der Waals surface area contributed by atoms with E-state index in [-0.39, 0.29) is 28.1 Å². The van der Waals surface area contributed by atoms with Gasteiger partial charge in [0.15, 0.2) is 0 Å². The minimum Gasteiger partial charge on any atom is -0.398 e. The van der Waals surface area contributed by atoms with E-state index in [9.17, 15) is 13.5 Å². The van der Waals surface area contributed by atoms with Gasteiger partial charge in [-0.3, -0.25) is 0 Å². The third-order valence-electron chi connectivity index (χ3n) is 3.53. The average molecular weight is 384 g/mol. The molecule has 3 N–H and O–H groups in total. The molecule has 1 saturated heterocycles. The first-order valence-electron chi connectivity index (χ1n) is 6.16. The van der Waals surface area contributed by atoms with E-state index in [2.05, 4.69) is 15.9 Å². The summed E-state index contributed by atoms with van der Waals surface area (Å²) in [5.74, 6) is 0.0920. The van der Waals surface area contributed by atoms with E-state index in [1.807, 2.05) is 6.92 Å². The zero-order valence-corrected chi connectivity index (χ0v) is 14.0. The average Bonchev–Trinajstić information content (AvgIpc) is 2.36. The van der Waals surface area contributed by atoms with Crippen LogP contribution in [0.1, 0.15) is 13.3 Å². The molecule has 0 radical (unpaired) electrons. The molecule has 1 fully saturated rings. The van der Waals surface area contributed by atoms with E-state index in [0.29, 0.717) is 17.4 Å². The lowest BCUT2D eigenvalue weighted by atomic mass is 9.98. The first kappa shape index (κ1) is 16.0. The molecule has 112 valence electrons. The molecule has 0 bridgehead atoms. The van der Waals surface area contributed by atoms with Crippen molar-refractivity contribution in [1.29, 1.82) is 0 Å². The minimum atomic E-state index is -3.73. The van der Waals surface area contributed by atoms with Gasteiger partial charge in [-0.15, -0.1) is 0 Å². The molecule has 5 nitrogen and oxygen atoms in total. The predicted octanol–water partition coefficient (Wildman–Crippen LogP) is 2.08. The second-order valence-electron chi connectivity index (χ2n) is 5.00. The van der Waals surface area contributed by atoms with Gasteiger partial charge < -0.3 is 10.8 Å². The van der Waals surface area contributed by atoms with Gasteiger partial charge in [-0.05, 0) is 40.4 Å². The topological polar surface area (TPSA) is 83.6 Å². The van der Waals surface area contributed by atoms with Crippen molar-refractivity contribution in [3.8, 4) is 0 Å². The van der Waals surface area contributed by atoms with Crippen LogP contribution in [0.25, 0.3) is 0 Å². The number of anilines is 1. The zero-order chi connectivity index (χ0) is 15.1. The van der Waals surface area contributed by atoms with E-state index in [1.165, 1.54) is 16.4 Å². The fraction of sp³-hybridized carbons (Fsp3) is 0.500. The summed E-state index contributed by atoms with van der Waals surface area (Å²) >= 11 is 9.08. The van der Waals surface area contributed by atoms with Gasteiger partial charge in [0.2, 0.25) is 10.0 Å². The highest BCUT2D eigenvalue weighted by atomic mass is 79.9. The molecule has 1 heterocycles. The summed E-state index contributed by atoms with van der Waals surface area (Å²) in [5.41, 5.74) is 6.00. The molecule has 0 spiro atoms. The maximum atomic E-state index is 12.6. The maximum Gasteiger partial charge on any atom is 0.244 e. The van der Waals surface area contributed by atoms with Gasteiger partial charge in [0.05, 0.1) is 15.5 Å². The summed E-state index contributed by atoms with van der Waals surface area (Å²) in [4.78, 5) is 0.0317. The van der Waals surface area contributed by atoms with Crippen molar-refractivity contribution in [2.75, 3.05) is 18.8 Å². The molecule has 0 amide bonds. The Balaban J connectivity index is 2.41. The van der Waals surface area contributed by atoms with Crippen LogP contribution in [0.5, 0.6) is 0 Å². The minimum absolute atomic E-state index is 0.0317. The Labute approximate surface area is 131 Å². The van der Waals surface area contributed by atoms with Gasteiger partial charge in [0.25, 0.3) is 0 Å². The molecule has 0 aliphatic carbocycles. The number of benzene rings is 1. The Morgan fingerprint density at radius 3 is 2.75 bits per heavy atom. The third kappa shape index (κ3) is 2.96. The van der Waals surface area contributed by atoms with E-state index in [4.69, 9.17) is 17.3 Å². The fourth-order valence-electron chi connectivity index (χ4n) is 2.15. The molecule has 2 atom stereocenters. The highest BCUT2D eigenvalue weighted by Gasteiger charge is 2.34. The van der Waals surface area contributed by atoms with E-state index >= 15 is 0 Å². The van der Waals surface area contributed by atoms with Gasteiger partial charge in [-0.1, -0.05) is 18.5 Å². The van der Waals surface area contributed by atoms with Crippen LogP contribution in [0, 0.1) is 5.92 Å². The Bertz CT molecular complexity index is 623. The van der Waals surface area contributed by atoms with Gasteiger partial charge in [-0.2, -0.15) is 4.31 Å². The number of hydrogen-bond donors (Lipinski definition) is 2. The number of aliphatic hydroxyl groups is 1. The van der Waals surface area contributed by atoms with Crippen molar-refractivity contribution < 1.29 is 13.5 Å². The molecule has 1 aliphatic heterocycles. The Morgan fingerprint density at radius 2 is 2.15 bits per heavy atom. The van der Waals surface area contributed by atoms with Crippen LogP contribution < -0.4 is 5.73 Å². The quantitative estimate of drug-likeness (QED) is 0.766. The SMILES string of the molecule is CC1CCN(S(=O)(=O)c2cc(Cl)cc(N)c2Br)CC1O. The number of rotatable bonds is 2. The number of aliphatic hydroxyl groups excluding tert-OH is 1. The number of halogens is 2. The molecule has 1 aromatic carbocycles.